The summed E-state index contributed by atoms with van der Waals surface area (Å²) in [5.74, 6) is -2.56. The zero-order valence-electron chi connectivity index (χ0n) is 16.5. The van der Waals surface area contributed by atoms with E-state index in [2.05, 4.69) is 0 Å². The molecule has 0 spiro atoms. The largest absolute Gasteiger partial charge is 0.508 e. The molecule has 0 saturated heterocycles. The molecule has 0 aromatic heterocycles. The van der Waals surface area contributed by atoms with Crippen molar-refractivity contribution in [3.63, 3.8) is 0 Å². The molecule has 0 radical (unpaired) electrons. The third-order valence-electron chi connectivity index (χ3n) is 4.19. The summed E-state index contributed by atoms with van der Waals surface area (Å²) in [5.41, 5.74) is -0.852. The van der Waals surface area contributed by atoms with Gasteiger partial charge < -0.3 is 15.3 Å². The molecular weight excluding hydrogens is 332 g/mol. The van der Waals surface area contributed by atoms with Gasteiger partial charge in [-0.1, -0.05) is 37.1 Å². The molecule has 3 N–H and O–H groups in total. The lowest BCUT2D eigenvalue weighted by atomic mass is 9.77. The van der Waals surface area contributed by atoms with Gasteiger partial charge in [0, 0.05) is 18.4 Å². The first-order valence-corrected chi connectivity index (χ1v) is 8.85. The minimum absolute atomic E-state index is 0.000310. The Labute approximate surface area is 155 Å². The molecule has 0 unspecified atom stereocenters. The highest BCUT2D eigenvalue weighted by molar-refractivity contribution is 6.12. The number of hydrogen-bond acceptors (Lipinski definition) is 5. The summed E-state index contributed by atoms with van der Waals surface area (Å²) in [6, 6.07) is 0. The smallest absolute Gasteiger partial charge is 0.202 e. The van der Waals surface area contributed by atoms with Crippen LogP contribution in [-0.2, 0) is 9.59 Å². The van der Waals surface area contributed by atoms with Crippen molar-refractivity contribution in [2.24, 2.45) is 5.92 Å². The second kappa shape index (κ2) is 8.49. The van der Waals surface area contributed by atoms with Crippen molar-refractivity contribution in [3.05, 3.63) is 46.0 Å². The van der Waals surface area contributed by atoms with E-state index in [0.717, 1.165) is 11.1 Å². The van der Waals surface area contributed by atoms with E-state index in [-0.39, 0.29) is 36.3 Å². The fourth-order valence-electron chi connectivity index (χ4n) is 2.71. The van der Waals surface area contributed by atoms with E-state index in [1.54, 1.807) is 26.0 Å². The van der Waals surface area contributed by atoms with Crippen molar-refractivity contribution in [3.8, 4) is 0 Å². The van der Waals surface area contributed by atoms with Gasteiger partial charge in [0.15, 0.2) is 11.4 Å². The van der Waals surface area contributed by atoms with E-state index < -0.39 is 28.7 Å². The minimum atomic E-state index is -2.24. The van der Waals surface area contributed by atoms with Crippen LogP contribution in [0.25, 0.3) is 0 Å². The van der Waals surface area contributed by atoms with E-state index in [1.165, 1.54) is 0 Å². The van der Waals surface area contributed by atoms with Gasteiger partial charge in [0.05, 0.1) is 0 Å². The van der Waals surface area contributed by atoms with Crippen LogP contribution < -0.4 is 0 Å². The summed E-state index contributed by atoms with van der Waals surface area (Å²) < 4.78 is 0. The second-order valence-electron chi connectivity index (χ2n) is 7.73. The third kappa shape index (κ3) is 4.73. The predicted octanol–water partition coefficient (Wildman–Crippen LogP) is 4.25. The topological polar surface area (TPSA) is 94.8 Å². The molecule has 0 heterocycles. The average Bonchev–Trinajstić information content (AvgIpc) is 2.50. The summed E-state index contributed by atoms with van der Waals surface area (Å²) in [7, 11) is 0. The van der Waals surface area contributed by atoms with Gasteiger partial charge in [-0.25, -0.2) is 0 Å². The number of aliphatic hydroxyl groups excluding tert-OH is 2. The molecule has 0 amide bonds. The maximum Gasteiger partial charge on any atom is 0.202 e. The lowest BCUT2D eigenvalue weighted by molar-refractivity contribution is -0.133. The van der Waals surface area contributed by atoms with Crippen LogP contribution in [0.4, 0.5) is 0 Å². The summed E-state index contributed by atoms with van der Waals surface area (Å²) in [5, 5.41) is 32.1. The highest BCUT2D eigenvalue weighted by Crippen LogP contribution is 2.38. The normalized spacial score (nSPS) is 20.5. The van der Waals surface area contributed by atoms with E-state index in [1.807, 2.05) is 27.7 Å². The van der Waals surface area contributed by atoms with Crippen molar-refractivity contribution >= 4 is 11.6 Å². The molecule has 1 aliphatic carbocycles. The number of aliphatic hydroxyl groups is 3. The molecule has 1 aliphatic rings. The van der Waals surface area contributed by atoms with Crippen LogP contribution in [0, 0.1) is 5.92 Å². The number of carbonyl (C=O) groups is 2. The molecule has 0 aromatic carbocycles. The Hall–Kier alpha value is -2.14. The summed E-state index contributed by atoms with van der Waals surface area (Å²) in [4.78, 5) is 25.4. The lowest BCUT2D eigenvalue weighted by Gasteiger charge is -2.32. The minimum Gasteiger partial charge on any atom is -0.508 e. The van der Waals surface area contributed by atoms with Gasteiger partial charge in [0.1, 0.15) is 17.1 Å². The molecule has 144 valence electrons. The van der Waals surface area contributed by atoms with Crippen LogP contribution >= 0.6 is 0 Å². The van der Waals surface area contributed by atoms with Gasteiger partial charge in [0.25, 0.3) is 0 Å². The average molecular weight is 362 g/mol. The number of hydrogen-bond donors (Lipinski definition) is 3. The SMILES string of the molecule is CC(C)=CCC1=C(O)C(C(=O)CC(C)C)=C(O)[C@@](O)(CC=C(C)C)C1=O. The van der Waals surface area contributed by atoms with Gasteiger partial charge in [-0.15, -0.1) is 0 Å². The number of Topliss-reactive ketones (excluding diaryl/α,β-unsaturated/α-hetero) is 2. The van der Waals surface area contributed by atoms with Crippen LogP contribution in [0.5, 0.6) is 0 Å². The maximum absolute atomic E-state index is 12.9. The van der Waals surface area contributed by atoms with Gasteiger partial charge >= 0.3 is 0 Å². The van der Waals surface area contributed by atoms with Gasteiger partial charge in [0.2, 0.25) is 5.78 Å². The summed E-state index contributed by atoms with van der Waals surface area (Å²) in [6.45, 7) is 11.0. The first-order chi connectivity index (χ1) is 11.9. The van der Waals surface area contributed by atoms with E-state index in [0.29, 0.717) is 0 Å². The quantitative estimate of drug-likeness (QED) is 0.589. The Balaban J connectivity index is 3.58. The molecule has 1 rings (SSSR count). The Kier molecular flexibility index (Phi) is 7.16. The van der Waals surface area contributed by atoms with E-state index in [4.69, 9.17) is 0 Å². The van der Waals surface area contributed by atoms with Crippen molar-refractivity contribution in [1.29, 1.82) is 0 Å². The Morgan fingerprint density at radius 1 is 1.08 bits per heavy atom. The number of allylic oxidation sites excluding steroid dienone is 4. The van der Waals surface area contributed by atoms with Gasteiger partial charge in [-0.2, -0.15) is 0 Å². The molecule has 0 aliphatic heterocycles. The monoisotopic (exact) mass is 362 g/mol. The highest BCUT2D eigenvalue weighted by atomic mass is 16.3. The van der Waals surface area contributed by atoms with Crippen LogP contribution in [0.1, 0.15) is 60.8 Å². The molecule has 0 fully saturated rings. The zero-order chi connectivity index (χ0) is 20.2. The maximum atomic E-state index is 12.9. The molecule has 0 bridgehead atoms. The lowest BCUT2D eigenvalue weighted by Crippen LogP contribution is -2.46. The van der Waals surface area contributed by atoms with E-state index >= 15 is 0 Å². The first-order valence-electron chi connectivity index (χ1n) is 8.85. The second-order valence-corrected chi connectivity index (χ2v) is 7.73. The van der Waals surface area contributed by atoms with Crippen LogP contribution in [0.2, 0.25) is 0 Å². The third-order valence-corrected chi connectivity index (χ3v) is 4.19. The Morgan fingerprint density at radius 2 is 1.62 bits per heavy atom. The molecular formula is C21H30O5. The van der Waals surface area contributed by atoms with Gasteiger partial charge in [-0.05, 0) is 40.0 Å². The highest BCUT2D eigenvalue weighted by Gasteiger charge is 2.49. The van der Waals surface area contributed by atoms with Crippen LogP contribution in [0.3, 0.4) is 0 Å². The van der Waals surface area contributed by atoms with E-state index in [9.17, 15) is 24.9 Å². The molecule has 5 heteroatoms. The number of rotatable bonds is 7. The van der Waals surface area contributed by atoms with Crippen molar-refractivity contribution in [2.45, 2.75) is 66.4 Å². The van der Waals surface area contributed by atoms with Gasteiger partial charge in [-0.3, -0.25) is 9.59 Å². The fraction of sp³-hybridized carbons (Fsp3) is 0.524. The van der Waals surface area contributed by atoms with Crippen molar-refractivity contribution in [1.82, 2.24) is 0 Å². The van der Waals surface area contributed by atoms with Crippen LogP contribution in [0.15, 0.2) is 46.0 Å². The standard InChI is InChI=1S/C21H30O5/c1-12(2)7-8-15-18(23)17(16(22)11-14(5)6)20(25)21(26,19(15)24)10-9-13(3)4/h7,9,14,23,25-26H,8,10-11H2,1-6H3/t21-/m1/s1. The Morgan fingerprint density at radius 3 is 2.08 bits per heavy atom. The summed E-state index contributed by atoms with van der Waals surface area (Å²) in [6.07, 6.45) is 3.36. The van der Waals surface area contributed by atoms with Crippen LogP contribution in [-0.4, -0.2) is 32.5 Å². The number of carbonyl (C=O) groups excluding carboxylic acids is 2. The molecule has 0 saturated carbocycles. The summed E-state index contributed by atoms with van der Waals surface area (Å²) >= 11 is 0. The molecule has 1 atom stereocenters. The molecule has 5 nitrogen and oxygen atoms in total. The predicted molar refractivity (Wildman–Crippen MR) is 102 cm³/mol. The zero-order valence-corrected chi connectivity index (χ0v) is 16.5. The molecule has 0 aromatic rings. The van der Waals surface area contributed by atoms with Crippen molar-refractivity contribution < 1.29 is 24.9 Å². The van der Waals surface area contributed by atoms with Crippen molar-refractivity contribution in [2.75, 3.05) is 0 Å². The fourth-order valence-corrected chi connectivity index (χ4v) is 2.71. The Bertz CT molecular complexity index is 711. The first kappa shape index (κ1) is 21.9. The number of ketones is 2. The molecule has 26 heavy (non-hydrogen) atoms.